The van der Waals surface area contributed by atoms with E-state index in [0.717, 1.165) is 17.3 Å². The number of carbonyl (C=O) groups excluding carboxylic acids is 1. The highest BCUT2D eigenvalue weighted by Crippen LogP contribution is 2.25. The topological polar surface area (TPSA) is 147 Å². The molecule has 0 atom stereocenters. The van der Waals surface area contributed by atoms with Gasteiger partial charge in [-0.2, -0.15) is 0 Å². The third-order valence-corrected chi connectivity index (χ3v) is 5.18. The summed E-state index contributed by atoms with van der Waals surface area (Å²) in [4.78, 5) is 48.4. The van der Waals surface area contributed by atoms with Crippen molar-refractivity contribution in [2.75, 3.05) is 11.1 Å². The molecule has 0 aliphatic rings. The van der Waals surface area contributed by atoms with Gasteiger partial charge < -0.3 is 15.3 Å². The van der Waals surface area contributed by atoms with E-state index in [9.17, 15) is 19.7 Å². The summed E-state index contributed by atoms with van der Waals surface area (Å²) < 4.78 is 0. The second kappa shape index (κ2) is 8.40. The van der Waals surface area contributed by atoms with Crippen molar-refractivity contribution in [3.05, 3.63) is 74.7 Å². The first-order chi connectivity index (χ1) is 14.9. The lowest BCUT2D eigenvalue weighted by atomic mass is 10.2. The number of fused-ring (bicyclic) bond motifs is 1. The fraction of sp³-hybridized carbons (Fsp3) is 0.100. The largest absolute Gasteiger partial charge is 0.338 e. The number of amides is 1. The number of benzene rings is 2. The third-order valence-electron chi connectivity index (χ3n) is 4.31. The van der Waals surface area contributed by atoms with Gasteiger partial charge in [0.25, 0.3) is 11.2 Å². The molecule has 1 amide bonds. The summed E-state index contributed by atoms with van der Waals surface area (Å²) in [6, 6.07) is 12.9. The van der Waals surface area contributed by atoms with Crippen molar-refractivity contribution in [2.24, 2.45) is 0 Å². The summed E-state index contributed by atoms with van der Waals surface area (Å²) in [5.74, 6) is 0.424. The average molecular weight is 436 g/mol. The molecule has 0 radical (unpaired) electrons. The van der Waals surface area contributed by atoms with Crippen LogP contribution in [0.5, 0.6) is 0 Å². The SMILES string of the molecule is Cc1cc(=O)[nH]c(SCC(=O)Nc2ccc(-c3nc4ccc([N+](=O)[O-])cc4[nH]3)cc2)n1. The Morgan fingerprint density at radius 3 is 2.61 bits per heavy atom. The smallest absolute Gasteiger partial charge is 0.271 e. The van der Waals surface area contributed by atoms with E-state index in [4.69, 9.17) is 0 Å². The molecule has 0 bridgehead atoms. The Morgan fingerprint density at radius 1 is 1.13 bits per heavy atom. The molecule has 10 nitrogen and oxygen atoms in total. The number of nitrogens with zero attached hydrogens (tertiary/aromatic N) is 3. The van der Waals surface area contributed by atoms with Crippen LogP contribution in [0.4, 0.5) is 11.4 Å². The molecule has 31 heavy (non-hydrogen) atoms. The van der Waals surface area contributed by atoms with Crippen molar-refractivity contribution in [3.63, 3.8) is 0 Å². The van der Waals surface area contributed by atoms with Gasteiger partial charge in [-0.3, -0.25) is 19.7 Å². The number of aryl methyl sites for hydroxylation is 1. The molecule has 0 saturated heterocycles. The molecule has 2 aromatic carbocycles. The second-order valence-electron chi connectivity index (χ2n) is 6.65. The van der Waals surface area contributed by atoms with Crippen LogP contribution < -0.4 is 10.9 Å². The van der Waals surface area contributed by atoms with Crippen molar-refractivity contribution in [2.45, 2.75) is 12.1 Å². The molecule has 0 aliphatic carbocycles. The lowest BCUT2D eigenvalue weighted by Gasteiger charge is -2.06. The summed E-state index contributed by atoms with van der Waals surface area (Å²) in [6.45, 7) is 1.71. The number of non-ortho nitro benzene ring substituents is 1. The zero-order valence-electron chi connectivity index (χ0n) is 16.2. The first-order valence-electron chi connectivity index (χ1n) is 9.12. The van der Waals surface area contributed by atoms with Gasteiger partial charge in [-0.15, -0.1) is 0 Å². The van der Waals surface area contributed by atoms with Crippen molar-refractivity contribution in [1.82, 2.24) is 19.9 Å². The fourth-order valence-corrected chi connectivity index (χ4v) is 3.63. The molecule has 2 heterocycles. The number of nitro benzene ring substituents is 1. The second-order valence-corrected chi connectivity index (χ2v) is 7.61. The number of nitrogens with one attached hydrogen (secondary N) is 3. The Bertz CT molecular complexity index is 1350. The maximum Gasteiger partial charge on any atom is 0.271 e. The first-order valence-corrected chi connectivity index (χ1v) is 10.1. The number of hydrogen-bond donors (Lipinski definition) is 3. The molecule has 11 heteroatoms. The highest BCUT2D eigenvalue weighted by Gasteiger charge is 2.11. The van der Waals surface area contributed by atoms with Crippen molar-refractivity contribution < 1.29 is 9.72 Å². The van der Waals surface area contributed by atoms with E-state index in [2.05, 4.69) is 25.3 Å². The normalized spacial score (nSPS) is 10.9. The lowest BCUT2D eigenvalue weighted by Crippen LogP contribution is -2.15. The van der Waals surface area contributed by atoms with Gasteiger partial charge in [0.1, 0.15) is 5.82 Å². The van der Waals surface area contributed by atoms with Crippen LogP contribution in [0.2, 0.25) is 0 Å². The van der Waals surface area contributed by atoms with E-state index in [-0.39, 0.29) is 22.9 Å². The summed E-state index contributed by atoms with van der Waals surface area (Å²) in [7, 11) is 0. The predicted molar refractivity (Wildman–Crippen MR) is 117 cm³/mol. The number of anilines is 1. The molecular formula is C20H16N6O4S. The summed E-state index contributed by atoms with van der Waals surface area (Å²) in [6.07, 6.45) is 0. The van der Waals surface area contributed by atoms with Gasteiger partial charge in [-0.1, -0.05) is 11.8 Å². The van der Waals surface area contributed by atoms with Crippen LogP contribution in [0.3, 0.4) is 0 Å². The zero-order chi connectivity index (χ0) is 22.0. The number of nitro groups is 1. The lowest BCUT2D eigenvalue weighted by molar-refractivity contribution is -0.384. The number of carbonyl (C=O) groups is 1. The summed E-state index contributed by atoms with van der Waals surface area (Å²) in [5, 5.41) is 14.1. The molecule has 4 rings (SSSR count). The molecule has 0 saturated carbocycles. The molecule has 0 spiro atoms. The third kappa shape index (κ3) is 4.78. The number of aromatic amines is 2. The minimum atomic E-state index is -0.456. The van der Waals surface area contributed by atoms with E-state index < -0.39 is 4.92 Å². The number of rotatable bonds is 6. The Labute approximate surface area is 179 Å². The number of imidazole rings is 1. The quantitative estimate of drug-likeness (QED) is 0.182. The molecular weight excluding hydrogens is 420 g/mol. The minimum absolute atomic E-state index is 0.0106. The van der Waals surface area contributed by atoms with Crippen LogP contribution in [0.15, 0.2) is 58.5 Å². The first kappa shape index (κ1) is 20.3. The number of thioether (sulfide) groups is 1. The maximum absolute atomic E-state index is 12.2. The number of aromatic nitrogens is 4. The van der Waals surface area contributed by atoms with E-state index in [1.807, 2.05) is 0 Å². The van der Waals surface area contributed by atoms with Gasteiger partial charge >= 0.3 is 0 Å². The van der Waals surface area contributed by atoms with Crippen LogP contribution in [-0.4, -0.2) is 36.5 Å². The van der Waals surface area contributed by atoms with Gasteiger partial charge in [0.2, 0.25) is 5.91 Å². The average Bonchev–Trinajstić information content (AvgIpc) is 3.15. The summed E-state index contributed by atoms with van der Waals surface area (Å²) in [5.41, 5.74) is 2.89. The number of H-pyrrole nitrogens is 2. The van der Waals surface area contributed by atoms with Gasteiger partial charge in [-0.25, -0.2) is 9.97 Å². The van der Waals surface area contributed by atoms with Crippen LogP contribution in [0.1, 0.15) is 5.69 Å². The maximum atomic E-state index is 12.2. The van der Waals surface area contributed by atoms with Crippen molar-refractivity contribution in [3.8, 4) is 11.4 Å². The van der Waals surface area contributed by atoms with E-state index in [1.165, 1.54) is 18.2 Å². The molecule has 0 fully saturated rings. The molecule has 3 N–H and O–H groups in total. The Hall–Kier alpha value is -3.99. The van der Waals surface area contributed by atoms with Gasteiger partial charge in [0.05, 0.1) is 21.7 Å². The Balaban J connectivity index is 1.42. The highest BCUT2D eigenvalue weighted by molar-refractivity contribution is 7.99. The van der Waals surface area contributed by atoms with E-state index >= 15 is 0 Å². The highest BCUT2D eigenvalue weighted by atomic mass is 32.2. The predicted octanol–water partition coefficient (Wildman–Crippen LogP) is 3.26. The number of hydrogen-bond acceptors (Lipinski definition) is 7. The molecule has 2 aromatic heterocycles. The molecule has 0 unspecified atom stereocenters. The molecule has 4 aromatic rings. The minimum Gasteiger partial charge on any atom is -0.338 e. The van der Waals surface area contributed by atoms with Crippen molar-refractivity contribution >= 4 is 40.1 Å². The van der Waals surface area contributed by atoms with Crippen LogP contribution in [0.25, 0.3) is 22.4 Å². The zero-order valence-corrected chi connectivity index (χ0v) is 17.0. The van der Waals surface area contributed by atoms with Gasteiger partial charge in [0.15, 0.2) is 5.16 Å². The van der Waals surface area contributed by atoms with Crippen LogP contribution in [0, 0.1) is 17.0 Å². The fourth-order valence-electron chi connectivity index (χ4n) is 2.91. The monoisotopic (exact) mass is 436 g/mol. The van der Waals surface area contributed by atoms with E-state index in [1.54, 1.807) is 37.3 Å². The van der Waals surface area contributed by atoms with Crippen LogP contribution >= 0.6 is 11.8 Å². The van der Waals surface area contributed by atoms with E-state index in [0.29, 0.717) is 33.4 Å². The van der Waals surface area contributed by atoms with Crippen LogP contribution in [-0.2, 0) is 4.79 Å². The standard InChI is InChI=1S/C20H16N6O4S/c1-11-8-17(27)25-20(21-11)31-10-18(28)22-13-4-2-12(3-5-13)19-23-15-7-6-14(26(29)30)9-16(15)24-19/h2-9H,10H2,1H3,(H,22,28)(H,23,24)(H,21,25,27). The van der Waals surface area contributed by atoms with Gasteiger partial charge in [0, 0.05) is 35.1 Å². The van der Waals surface area contributed by atoms with Gasteiger partial charge in [-0.05, 0) is 37.3 Å². The Morgan fingerprint density at radius 2 is 1.90 bits per heavy atom. The van der Waals surface area contributed by atoms with Crippen molar-refractivity contribution in [1.29, 1.82) is 0 Å². The Kier molecular flexibility index (Phi) is 5.50. The molecule has 0 aliphatic heterocycles. The summed E-state index contributed by atoms with van der Waals surface area (Å²) >= 11 is 1.14. The molecule has 156 valence electrons.